The molecule has 0 aliphatic carbocycles. The van der Waals surface area contributed by atoms with Crippen LogP contribution in [0.5, 0.6) is 0 Å². The van der Waals surface area contributed by atoms with E-state index in [1.54, 1.807) is 0 Å². The van der Waals surface area contributed by atoms with E-state index in [1.807, 2.05) is 29.2 Å². The SMILES string of the molecule is O=C1NCC2CN(c3nc4ccccc4[nH]3)CCN12. The Morgan fingerprint density at radius 1 is 1.26 bits per heavy atom. The van der Waals surface area contributed by atoms with Crippen LogP contribution >= 0.6 is 0 Å². The van der Waals surface area contributed by atoms with Crippen LogP contribution in [0.1, 0.15) is 0 Å². The summed E-state index contributed by atoms with van der Waals surface area (Å²) in [4.78, 5) is 23.7. The number of nitrogens with one attached hydrogen (secondary N) is 2. The molecule has 2 N–H and O–H groups in total. The van der Waals surface area contributed by atoms with E-state index < -0.39 is 0 Å². The highest BCUT2D eigenvalue weighted by atomic mass is 16.2. The van der Waals surface area contributed by atoms with Gasteiger partial charge in [-0.05, 0) is 12.1 Å². The summed E-state index contributed by atoms with van der Waals surface area (Å²) in [6.45, 7) is 3.14. The number of piperazine rings is 1. The Kier molecular flexibility index (Phi) is 2.18. The molecule has 98 valence electrons. The first-order chi connectivity index (χ1) is 9.31. The van der Waals surface area contributed by atoms with Crippen LogP contribution in [0.2, 0.25) is 0 Å². The molecule has 4 rings (SSSR count). The van der Waals surface area contributed by atoms with E-state index in [9.17, 15) is 4.79 Å². The van der Waals surface area contributed by atoms with Crippen molar-refractivity contribution < 1.29 is 4.79 Å². The molecule has 0 spiro atoms. The summed E-state index contributed by atoms with van der Waals surface area (Å²) in [5, 5.41) is 2.89. The molecule has 6 heteroatoms. The second-order valence-electron chi connectivity index (χ2n) is 5.06. The molecule has 0 saturated carbocycles. The smallest absolute Gasteiger partial charge is 0.317 e. The van der Waals surface area contributed by atoms with Crippen LogP contribution in [0.4, 0.5) is 10.7 Å². The maximum Gasteiger partial charge on any atom is 0.317 e. The highest BCUT2D eigenvalue weighted by Crippen LogP contribution is 2.21. The van der Waals surface area contributed by atoms with Gasteiger partial charge in [0.1, 0.15) is 0 Å². The number of carbonyl (C=O) groups excluding carboxylic acids is 1. The average Bonchev–Trinajstić information content (AvgIpc) is 3.02. The lowest BCUT2D eigenvalue weighted by Crippen LogP contribution is -2.52. The van der Waals surface area contributed by atoms with Gasteiger partial charge in [0.2, 0.25) is 5.95 Å². The number of benzene rings is 1. The Balaban J connectivity index is 1.61. The zero-order valence-corrected chi connectivity index (χ0v) is 10.5. The number of carbonyl (C=O) groups is 1. The first-order valence-corrected chi connectivity index (χ1v) is 6.55. The lowest BCUT2D eigenvalue weighted by Gasteiger charge is -2.36. The molecule has 6 nitrogen and oxygen atoms in total. The number of imidazole rings is 1. The highest BCUT2D eigenvalue weighted by Gasteiger charge is 2.36. The molecular formula is C13H15N5O. The molecule has 2 amide bonds. The number of H-pyrrole nitrogens is 1. The minimum Gasteiger partial charge on any atom is -0.338 e. The molecule has 1 atom stereocenters. The third-order valence-electron chi connectivity index (χ3n) is 3.91. The number of para-hydroxylation sites is 2. The number of amides is 2. The number of urea groups is 1. The summed E-state index contributed by atoms with van der Waals surface area (Å²) in [6.07, 6.45) is 0. The topological polar surface area (TPSA) is 64.3 Å². The molecule has 2 saturated heterocycles. The fraction of sp³-hybridized carbons (Fsp3) is 0.385. The number of aromatic amines is 1. The van der Waals surface area contributed by atoms with Gasteiger partial charge in [0.15, 0.2) is 0 Å². The van der Waals surface area contributed by atoms with E-state index in [4.69, 9.17) is 0 Å². The van der Waals surface area contributed by atoms with Crippen LogP contribution in [0.3, 0.4) is 0 Å². The number of anilines is 1. The van der Waals surface area contributed by atoms with Gasteiger partial charge in [-0.1, -0.05) is 12.1 Å². The molecule has 2 aromatic rings. The van der Waals surface area contributed by atoms with Crippen molar-refractivity contribution in [1.82, 2.24) is 20.2 Å². The first-order valence-electron chi connectivity index (χ1n) is 6.55. The summed E-state index contributed by atoms with van der Waals surface area (Å²) in [5.74, 6) is 0.903. The third-order valence-corrected chi connectivity index (χ3v) is 3.91. The van der Waals surface area contributed by atoms with Crippen molar-refractivity contribution in [2.45, 2.75) is 6.04 Å². The molecule has 1 aromatic carbocycles. The van der Waals surface area contributed by atoms with Crippen molar-refractivity contribution >= 4 is 23.0 Å². The Morgan fingerprint density at radius 2 is 2.16 bits per heavy atom. The molecule has 2 fully saturated rings. The van der Waals surface area contributed by atoms with E-state index in [2.05, 4.69) is 20.2 Å². The molecule has 1 unspecified atom stereocenters. The van der Waals surface area contributed by atoms with Crippen molar-refractivity contribution in [3.8, 4) is 0 Å². The quantitative estimate of drug-likeness (QED) is 0.793. The number of rotatable bonds is 1. The van der Waals surface area contributed by atoms with Gasteiger partial charge in [-0.3, -0.25) is 0 Å². The average molecular weight is 257 g/mol. The van der Waals surface area contributed by atoms with Crippen LogP contribution in [-0.2, 0) is 0 Å². The standard InChI is InChI=1S/C13H15N5O/c19-13-14-7-9-8-17(5-6-18(9)13)12-15-10-3-1-2-4-11(10)16-12/h1-4,9H,5-8H2,(H,14,19)(H,15,16). The van der Waals surface area contributed by atoms with Gasteiger partial charge in [0.25, 0.3) is 0 Å². The molecule has 2 aliphatic heterocycles. The van der Waals surface area contributed by atoms with Crippen LogP contribution in [0.25, 0.3) is 11.0 Å². The van der Waals surface area contributed by atoms with E-state index in [1.165, 1.54) is 0 Å². The van der Waals surface area contributed by atoms with E-state index in [0.717, 1.165) is 43.2 Å². The summed E-state index contributed by atoms with van der Waals surface area (Å²) >= 11 is 0. The van der Waals surface area contributed by atoms with E-state index >= 15 is 0 Å². The normalized spacial score (nSPS) is 22.7. The number of hydrogen-bond donors (Lipinski definition) is 2. The lowest BCUT2D eigenvalue weighted by molar-refractivity contribution is 0.197. The molecule has 3 heterocycles. The second kappa shape index (κ2) is 3.88. The Hall–Kier alpha value is -2.24. The zero-order valence-electron chi connectivity index (χ0n) is 10.5. The molecular weight excluding hydrogens is 242 g/mol. The lowest BCUT2D eigenvalue weighted by atomic mass is 10.2. The van der Waals surface area contributed by atoms with Gasteiger partial charge in [-0.15, -0.1) is 0 Å². The minimum atomic E-state index is 0.0641. The van der Waals surface area contributed by atoms with E-state index in [-0.39, 0.29) is 12.1 Å². The van der Waals surface area contributed by atoms with Gasteiger partial charge >= 0.3 is 6.03 Å². The number of hydrogen-bond acceptors (Lipinski definition) is 3. The summed E-state index contributed by atoms with van der Waals surface area (Å²) in [7, 11) is 0. The molecule has 1 aromatic heterocycles. The third kappa shape index (κ3) is 1.63. The van der Waals surface area contributed by atoms with Gasteiger partial charge in [0, 0.05) is 26.2 Å². The minimum absolute atomic E-state index is 0.0641. The Labute approximate surface area is 110 Å². The summed E-state index contributed by atoms with van der Waals surface area (Å²) < 4.78 is 0. The van der Waals surface area contributed by atoms with Gasteiger partial charge < -0.3 is 20.1 Å². The molecule has 19 heavy (non-hydrogen) atoms. The number of nitrogens with zero attached hydrogens (tertiary/aromatic N) is 3. The molecule has 0 radical (unpaired) electrons. The van der Waals surface area contributed by atoms with Crippen LogP contribution in [0, 0.1) is 0 Å². The number of fused-ring (bicyclic) bond motifs is 2. The zero-order chi connectivity index (χ0) is 12.8. The van der Waals surface area contributed by atoms with Crippen molar-refractivity contribution in [3.05, 3.63) is 24.3 Å². The summed E-state index contributed by atoms with van der Waals surface area (Å²) in [5.41, 5.74) is 2.04. The van der Waals surface area contributed by atoms with Crippen molar-refractivity contribution in [3.63, 3.8) is 0 Å². The fourth-order valence-electron chi connectivity index (χ4n) is 2.89. The molecule has 2 aliphatic rings. The predicted octanol–water partition coefficient (Wildman–Crippen LogP) is 0.777. The van der Waals surface area contributed by atoms with Crippen LogP contribution < -0.4 is 10.2 Å². The molecule has 0 bridgehead atoms. The Morgan fingerprint density at radius 3 is 3.05 bits per heavy atom. The maximum absolute atomic E-state index is 11.6. The summed E-state index contributed by atoms with van der Waals surface area (Å²) in [6, 6.07) is 8.35. The first kappa shape index (κ1) is 10.7. The van der Waals surface area contributed by atoms with Crippen molar-refractivity contribution in [2.75, 3.05) is 31.1 Å². The van der Waals surface area contributed by atoms with Gasteiger partial charge in [-0.2, -0.15) is 0 Å². The van der Waals surface area contributed by atoms with Gasteiger partial charge in [0.05, 0.1) is 17.1 Å². The highest BCUT2D eigenvalue weighted by molar-refractivity contribution is 5.79. The van der Waals surface area contributed by atoms with Crippen molar-refractivity contribution in [1.29, 1.82) is 0 Å². The van der Waals surface area contributed by atoms with E-state index in [0.29, 0.717) is 0 Å². The second-order valence-corrected chi connectivity index (χ2v) is 5.06. The van der Waals surface area contributed by atoms with Crippen molar-refractivity contribution in [2.24, 2.45) is 0 Å². The predicted molar refractivity (Wildman–Crippen MR) is 72.2 cm³/mol. The fourth-order valence-corrected chi connectivity index (χ4v) is 2.89. The van der Waals surface area contributed by atoms with Crippen LogP contribution in [-0.4, -0.2) is 53.1 Å². The monoisotopic (exact) mass is 257 g/mol. The largest absolute Gasteiger partial charge is 0.338 e. The van der Waals surface area contributed by atoms with Gasteiger partial charge in [-0.25, -0.2) is 9.78 Å². The maximum atomic E-state index is 11.6. The number of aromatic nitrogens is 2. The Bertz CT molecular complexity index is 604. The van der Waals surface area contributed by atoms with Crippen LogP contribution in [0.15, 0.2) is 24.3 Å².